The first kappa shape index (κ1) is 13.8. The highest BCUT2D eigenvalue weighted by Crippen LogP contribution is 2.31. The van der Waals surface area contributed by atoms with Crippen LogP contribution in [0.2, 0.25) is 0 Å². The van der Waals surface area contributed by atoms with E-state index in [1.54, 1.807) is 0 Å². The number of ether oxygens (including phenoxy) is 1. The fourth-order valence-electron chi connectivity index (χ4n) is 4.37. The van der Waals surface area contributed by atoms with E-state index in [9.17, 15) is 0 Å². The minimum Gasteiger partial charge on any atom is -0.377 e. The summed E-state index contributed by atoms with van der Waals surface area (Å²) >= 11 is 0. The second-order valence-corrected chi connectivity index (χ2v) is 6.76. The summed E-state index contributed by atoms with van der Waals surface area (Å²) in [6, 6.07) is 2.01. The lowest BCUT2D eigenvalue weighted by Crippen LogP contribution is -2.52. The van der Waals surface area contributed by atoms with Gasteiger partial charge in [0.1, 0.15) is 0 Å². The predicted molar refractivity (Wildman–Crippen MR) is 78.3 cm³/mol. The lowest BCUT2D eigenvalue weighted by molar-refractivity contribution is 0.0702. The molecule has 2 aliphatic heterocycles. The molecule has 0 radical (unpaired) electrons. The molecule has 3 nitrogen and oxygen atoms in total. The third-order valence-electron chi connectivity index (χ3n) is 5.43. The zero-order valence-electron chi connectivity index (χ0n) is 12.4. The fourth-order valence-corrected chi connectivity index (χ4v) is 4.37. The van der Waals surface area contributed by atoms with Crippen molar-refractivity contribution in [2.24, 2.45) is 5.92 Å². The molecule has 0 aromatic carbocycles. The lowest BCUT2D eigenvalue weighted by Gasteiger charge is -2.38. The zero-order chi connectivity index (χ0) is 13.1. The lowest BCUT2D eigenvalue weighted by atomic mass is 9.79. The van der Waals surface area contributed by atoms with Crippen LogP contribution in [0.15, 0.2) is 0 Å². The fraction of sp³-hybridized carbons (Fsp3) is 1.00. The molecule has 0 amide bonds. The van der Waals surface area contributed by atoms with E-state index in [1.807, 2.05) is 0 Å². The van der Waals surface area contributed by atoms with Crippen LogP contribution in [0.3, 0.4) is 0 Å². The summed E-state index contributed by atoms with van der Waals surface area (Å²) in [4.78, 5) is 0. The Hall–Kier alpha value is -0.120. The molecule has 2 heterocycles. The van der Waals surface area contributed by atoms with Crippen molar-refractivity contribution in [3.05, 3.63) is 0 Å². The van der Waals surface area contributed by atoms with Crippen molar-refractivity contribution in [3.8, 4) is 0 Å². The largest absolute Gasteiger partial charge is 0.377 e. The number of rotatable bonds is 4. The van der Waals surface area contributed by atoms with Gasteiger partial charge in [0, 0.05) is 24.7 Å². The van der Waals surface area contributed by atoms with Gasteiger partial charge in [-0.3, -0.25) is 0 Å². The molecule has 0 spiro atoms. The van der Waals surface area contributed by atoms with Gasteiger partial charge in [0.2, 0.25) is 0 Å². The molecule has 3 fully saturated rings. The van der Waals surface area contributed by atoms with Gasteiger partial charge in [-0.05, 0) is 57.9 Å². The van der Waals surface area contributed by atoms with Crippen LogP contribution in [-0.2, 0) is 4.74 Å². The highest BCUT2D eigenvalue weighted by Gasteiger charge is 2.35. The number of nitrogens with one attached hydrogen (secondary N) is 2. The van der Waals surface area contributed by atoms with Crippen molar-refractivity contribution in [1.82, 2.24) is 10.6 Å². The maximum absolute atomic E-state index is 5.84. The zero-order valence-corrected chi connectivity index (χ0v) is 12.4. The number of hydrogen-bond donors (Lipinski definition) is 2. The first-order valence-electron chi connectivity index (χ1n) is 8.45. The van der Waals surface area contributed by atoms with Crippen LogP contribution in [0.1, 0.15) is 58.3 Å². The van der Waals surface area contributed by atoms with E-state index in [4.69, 9.17) is 4.74 Å². The molecule has 3 heteroatoms. The molecule has 19 heavy (non-hydrogen) atoms. The summed E-state index contributed by atoms with van der Waals surface area (Å²) in [6.45, 7) is 4.52. The van der Waals surface area contributed by atoms with E-state index in [2.05, 4.69) is 17.6 Å². The standard InChI is InChI=1S/C16H30N2O/c1-12(16-9-5-11-19-16)18-15-7-3-2-6-13(15)14-8-4-10-17-14/h12-18H,2-11H2,1H3. The van der Waals surface area contributed by atoms with Crippen LogP contribution in [-0.4, -0.2) is 37.4 Å². The molecule has 2 saturated heterocycles. The van der Waals surface area contributed by atoms with Gasteiger partial charge < -0.3 is 15.4 Å². The Morgan fingerprint density at radius 3 is 2.68 bits per heavy atom. The third kappa shape index (κ3) is 3.32. The maximum atomic E-state index is 5.84. The summed E-state index contributed by atoms with van der Waals surface area (Å²) < 4.78 is 5.84. The molecular formula is C16H30N2O. The van der Waals surface area contributed by atoms with E-state index in [0.717, 1.165) is 18.6 Å². The summed E-state index contributed by atoms with van der Waals surface area (Å²) in [5.74, 6) is 0.847. The summed E-state index contributed by atoms with van der Waals surface area (Å²) in [7, 11) is 0. The van der Waals surface area contributed by atoms with Crippen LogP contribution in [0.5, 0.6) is 0 Å². The van der Waals surface area contributed by atoms with Crippen LogP contribution < -0.4 is 10.6 Å². The van der Waals surface area contributed by atoms with Crippen LogP contribution in [0.25, 0.3) is 0 Å². The number of hydrogen-bond acceptors (Lipinski definition) is 3. The molecule has 3 rings (SSSR count). The smallest absolute Gasteiger partial charge is 0.0726 e. The minimum absolute atomic E-state index is 0.458. The van der Waals surface area contributed by atoms with Crippen molar-refractivity contribution in [1.29, 1.82) is 0 Å². The van der Waals surface area contributed by atoms with Crippen molar-refractivity contribution >= 4 is 0 Å². The Morgan fingerprint density at radius 2 is 1.95 bits per heavy atom. The summed E-state index contributed by atoms with van der Waals surface area (Å²) in [6.07, 6.45) is 11.3. The normalized spacial score (nSPS) is 41.5. The van der Waals surface area contributed by atoms with Crippen molar-refractivity contribution < 1.29 is 4.74 Å². The van der Waals surface area contributed by atoms with Gasteiger partial charge in [-0.15, -0.1) is 0 Å². The molecule has 3 aliphatic rings. The van der Waals surface area contributed by atoms with E-state index < -0.39 is 0 Å². The topological polar surface area (TPSA) is 33.3 Å². The Morgan fingerprint density at radius 1 is 1.05 bits per heavy atom. The molecule has 5 atom stereocenters. The van der Waals surface area contributed by atoms with Crippen LogP contribution in [0.4, 0.5) is 0 Å². The molecule has 1 aliphatic carbocycles. The predicted octanol–water partition coefficient (Wildman–Crippen LogP) is 2.45. The molecule has 2 N–H and O–H groups in total. The summed E-state index contributed by atoms with van der Waals surface area (Å²) in [5.41, 5.74) is 0. The second kappa shape index (κ2) is 6.55. The SMILES string of the molecule is CC(NC1CCCCC1C1CCCN1)C1CCCO1. The molecule has 0 bridgehead atoms. The highest BCUT2D eigenvalue weighted by atomic mass is 16.5. The van der Waals surface area contributed by atoms with Gasteiger partial charge in [0.15, 0.2) is 0 Å². The van der Waals surface area contributed by atoms with E-state index >= 15 is 0 Å². The molecular weight excluding hydrogens is 236 g/mol. The van der Waals surface area contributed by atoms with Crippen molar-refractivity contribution in [2.45, 2.75) is 82.5 Å². The first-order chi connectivity index (χ1) is 9.34. The Bertz CT molecular complexity index is 272. The van der Waals surface area contributed by atoms with E-state index in [0.29, 0.717) is 18.2 Å². The average molecular weight is 266 g/mol. The third-order valence-corrected chi connectivity index (χ3v) is 5.43. The van der Waals surface area contributed by atoms with Gasteiger partial charge in [-0.2, -0.15) is 0 Å². The van der Waals surface area contributed by atoms with Gasteiger partial charge in [-0.25, -0.2) is 0 Å². The monoisotopic (exact) mass is 266 g/mol. The van der Waals surface area contributed by atoms with Gasteiger partial charge in [-0.1, -0.05) is 12.8 Å². The quantitative estimate of drug-likeness (QED) is 0.820. The molecule has 0 aromatic heterocycles. The second-order valence-electron chi connectivity index (χ2n) is 6.76. The average Bonchev–Trinajstić information content (AvgIpc) is 3.13. The van der Waals surface area contributed by atoms with Crippen molar-refractivity contribution in [2.75, 3.05) is 13.2 Å². The Balaban J connectivity index is 1.56. The Labute approximate surface area is 117 Å². The molecule has 5 unspecified atom stereocenters. The van der Waals surface area contributed by atoms with E-state index in [1.165, 1.54) is 57.9 Å². The first-order valence-corrected chi connectivity index (χ1v) is 8.45. The molecule has 110 valence electrons. The van der Waals surface area contributed by atoms with Gasteiger partial charge in [0.05, 0.1) is 6.10 Å². The van der Waals surface area contributed by atoms with Crippen LogP contribution in [0, 0.1) is 5.92 Å². The Kier molecular flexibility index (Phi) is 4.78. The van der Waals surface area contributed by atoms with Gasteiger partial charge >= 0.3 is 0 Å². The maximum Gasteiger partial charge on any atom is 0.0726 e. The minimum atomic E-state index is 0.458. The van der Waals surface area contributed by atoms with Gasteiger partial charge in [0.25, 0.3) is 0 Å². The van der Waals surface area contributed by atoms with E-state index in [-0.39, 0.29) is 0 Å². The van der Waals surface area contributed by atoms with Crippen molar-refractivity contribution in [3.63, 3.8) is 0 Å². The summed E-state index contributed by atoms with van der Waals surface area (Å²) in [5, 5.41) is 7.65. The molecule has 0 aromatic rings. The molecule has 1 saturated carbocycles. The highest BCUT2D eigenvalue weighted by molar-refractivity contribution is 4.93. The van der Waals surface area contributed by atoms with Crippen LogP contribution >= 0.6 is 0 Å².